The molecule has 0 fully saturated rings. The number of carbonyl (C=O) groups excluding carboxylic acids is 2. The van der Waals surface area contributed by atoms with Crippen molar-refractivity contribution >= 4 is 45.7 Å². The molecule has 34 heavy (non-hydrogen) atoms. The number of thiazole rings is 1. The number of hydrogen-bond acceptors (Lipinski definition) is 5. The molecule has 0 bridgehead atoms. The first-order valence-electron chi connectivity index (χ1n) is 10.6. The number of benzene rings is 3. The van der Waals surface area contributed by atoms with Crippen LogP contribution in [-0.4, -0.2) is 22.0 Å². The number of halogens is 1. The summed E-state index contributed by atoms with van der Waals surface area (Å²) < 4.78 is 13.1. The van der Waals surface area contributed by atoms with Crippen molar-refractivity contribution in [2.24, 2.45) is 0 Å². The van der Waals surface area contributed by atoms with E-state index in [0.717, 1.165) is 16.0 Å². The van der Waals surface area contributed by atoms with E-state index in [-0.39, 0.29) is 22.9 Å². The van der Waals surface area contributed by atoms with Gasteiger partial charge in [0.1, 0.15) is 5.82 Å². The molecule has 1 heterocycles. The molecule has 2 amide bonds. The van der Waals surface area contributed by atoms with E-state index in [4.69, 9.17) is 0 Å². The van der Waals surface area contributed by atoms with Gasteiger partial charge in [-0.1, -0.05) is 36.4 Å². The topological polar surface area (TPSA) is 71.1 Å². The smallest absolute Gasteiger partial charge is 0.239 e. The van der Waals surface area contributed by atoms with E-state index in [1.54, 1.807) is 12.1 Å². The molecule has 0 aliphatic rings. The second-order valence-corrected chi connectivity index (χ2v) is 9.80. The van der Waals surface area contributed by atoms with Gasteiger partial charge in [-0.3, -0.25) is 9.59 Å². The van der Waals surface area contributed by atoms with Crippen LogP contribution in [0.1, 0.15) is 12.5 Å². The van der Waals surface area contributed by atoms with Crippen LogP contribution < -0.4 is 10.6 Å². The third kappa shape index (κ3) is 6.52. The van der Waals surface area contributed by atoms with Crippen LogP contribution in [-0.2, 0) is 16.0 Å². The molecule has 0 saturated heterocycles. The van der Waals surface area contributed by atoms with Crippen molar-refractivity contribution in [2.45, 2.75) is 23.5 Å². The van der Waals surface area contributed by atoms with Gasteiger partial charge in [0.15, 0.2) is 5.13 Å². The Hall–Kier alpha value is -3.49. The van der Waals surface area contributed by atoms with E-state index in [9.17, 15) is 14.0 Å². The van der Waals surface area contributed by atoms with E-state index < -0.39 is 0 Å². The Morgan fingerprint density at radius 1 is 1.00 bits per heavy atom. The zero-order valence-electron chi connectivity index (χ0n) is 18.3. The minimum atomic E-state index is -0.381. The number of carbonyl (C=O) groups is 2. The van der Waals surface area contributed by atoms with Gasteiger partial charge in [0.05, 0.1) is 17.4 Å². The molecule has 1 unspecified atom stereocenters. The van der Waals surface area contributed by atoms with E-state index in [1.165, 1.54) is 35.2 Å². The van der Waals surface area contributed by atoms with Gasteiger partial charge in [-0.25, -0.2) is 9.37 Å². The molecule has 5 nitrogen and oxygen atoms in total. The first kappa shape index (κ1) is 23.7. The van der Waals surface area contributed by atoms with Crippen LogP contribution in [0.15, 0.2) is 89.1 Å². The molecule has 0 aliphatic heterocycles. The first-order valence-corrected chi connectivity index (χ1v) is 12.3. The predicted molar refractivity (Wildman–Crippen MR) is 137 cm³/mol. The summed E-state index contributed by atoms with van der Waals surface area (Å²) in [6.45, 7) is 1.81. The average molecular weight is 492 g/mol. The first-order chi connectivity index (χ1) is 16.5. The lowest BCUT2D eigenvalue weighted by Crippen LogP contribution is -2.22. The van der Waals surface area contributed by atoms with E-state index in [0.29, 0.717) is 22.9 Å². The largest absolute Gasteiger partial charge is 0.326 e. The SMILES string of the molecule is CC(Sc1cccc(NC(=O)Cc2ccccc2)c1)C(=O)Nc1nc(-c2ccc(F)cc2)cs1. The van der Waals surface area contributed by atoms with Crippen molar-refractivity contribution < 1.29 is 14.0 Å². The van der Waals surface area contributed by atoms with Crippen molar-refractivity contribution in [1.82, 2.24) is 4.98 Å². The highest BCUT2D eigenvalue weighted by atomic mass is 32.2. The lowest BCUT2D eigenvalue weighted by molar-refractivity contribution is -0.116. The monoisotopic (exact) mass is 491 g/mol. The zero-order valence-corrected chi connectivity index (χ0v) is 20.0. The third-order valence-electron chi connectivity index (χ3n) is 4.88. The average Bonchev–Trinajstić information content (AvgIpc) is 3.28. The molecule has 4 aromatic rings. The number of nitrogens with one attached hydrogen (secondary N) is 2. The Morgan fingerprint density at radius 3 is 2.53 bits per heavy atom. The molecule has 2 N–H and O–H groups in total. The molecule has 0 spiro atoms. The van der Waals surface area contributed by atoms with Gasteiger partial charge in [-0.2, -0.15) is 0 Å². The number of amides is 2. The number of nitrogens with zero attached hydrogens (tertiary/aromatic N) is 1. The molecule has 8 heteroatoms. The maximum Gasteiger partial charge on any atom is 0.239 e. The summed E-state index contributed by atoms with van der Waals surface area (Å²) in [6, 6.07) is 23.0. The number of aromatic nitrogens is 1. The van der Waals surface area contributed by atoms with Crippen LogP contribution in [0.4, 0.5) is 15.2 Å². The quantitative estimate of drug-likeness (QED) is 0.286. The van der Waals surface area contributed by atoms with Gasteiger partial charge in [-0.05, 0) is 55.0 Å². The van der Waals surface area contributed by atoms with Crippen LogP contribution >= 0.6 is 23.1 Å². The summed E-state index contributed by atoms with van der Waals surface area (Å²) in [4.78, 5) is 30.3. The van der Waals surface area contributed by atoms with Gasteiger partial charge >= 0.3 is 0 Å². The molecule has 172 valence electrons. The lowest BCUT2D eigenvalue weighted by Gasteiger charge is -2.12. The standard InChI is InChI=1S/C26H22FN3O2S2/c1-17(25(32)30-26-29-23(16-33-26)19-10-12-20(27)13-11-19)34-22-9-5-8-21(15-22)28-24(31)14-18-6-3-2-4-7-18/h2-13,15-17H,14H2,1H3,(H,28,31)(H,29,30,32). The third-order valence-corrected chi connectivity index (χ3v) is 6.73. The summed E-state index contributed by atoms with van der Waals surface area (Å²) in [5.41, 5.74) is 3.09. The maximum absolute atomic E-state index is 13.1. The Kier molecular flexibility index (Phi) is 7.72. The summed E-state index contributed by atoms with van der Waals surface area (Å²) in [7, 11) is 0. The van der Waals surface area contributed by atoms with Gasteiger partial charge in [-0.15, -0.1) is 23.1 Å². The van der Waals surface area contributed by atoms with Crippen molar-refractivity contribution in [2.75, 3.05) is 10.6 Å². The summed E-state index contributed by atoms with van der Waals surface area (Å²) >= 11 is 2.71. The highest BCUT2D eigenvalue weighted by molar-refractivity contribution is 8.00. The molecular weight excluding hydrogens is 469 g/mol. The predicted octanol–water partition coefficient (Wildman–Crippen LogP) is 6.25. The second kappa shape index (κ2) is 11.1. The fraction of sp³-hybridized carbons (Fsp3) is 0.115. The van der Waals surface area contributed by atoms with Crippen molar-refractivity contribution in [1.29, 1.82) is 0 Å². The highest BCUT2D eigenvalue weighted by Gasteiger charge is 2.17. The second-order valence-electron chi connectivity index (χ2n) is 7.53. The molecule has 1 aromatic heterocycles. The summed E-state index contributed by atoms with van der Waals surface area (Å²) in [5.74, 6) is -0.582. The molecular formula is C26H22FN3O2S2. The number of rotatable bonds is 8. The fourth-order valence-corrected chi connectivity index (χ4v) is 4.83. The summed E-state index contributed by atoms with van der Waals surface area (Å²) in [5, 5.41) is 7.68. The van der Waals surface area contributed by atoms with Crippen LogP contribution in [0.5, 0.6) is 0 Å². The zero-order chi connectivity index (χ0) is 23.9. The van der Waals surface area contributed by atoms with Crippen molar-refractivity contribution in [3.05, 3.63) is 95.6 Å². The molecule has 0 aliphatic carbocycles. The van der Waals surface area contributed by atoms with Crippen molar-refractivity contribution in [3.63, 3.8) is 0 Å². The van der Waals surface area contributed by atoms with Crippen LogP contribution in [0, 0.1) is 5.82 Å². The Balaban J connectivity index is 1.32. The van der Waals surface area contributed by atoms with Crippen LogP contribution in [0.2, 0.25) is 0 Å². The lowest BCUT2D eigenvalue weighted by atomic mass is 10.1. The van der Waals surface area contributed by atoms with Gasteiger partial charge in [0, 0.05) is 21.5 Å². The number of anilines is 2. The highest BCUT2D eigenvalue weighted by Crippen LogP contribution is 2.29. The van der Waals surface area contributed by atoms with Crippen LogP contribution in [0.25, 0.3) is 11.3 Å². The van der Waals surface area contributed by atoms with E-state index >= 15 is 0 Å². The van der Waals surface area contributed by atoms with Gasteiger partial charge in [0.2, 0.25) is 11.8 Å². The minimum absolute atomic E-state index is 0.0973. The normalized spacial score (nSPS) is 11.6. The van der Waals surface area contributed by atoms with Crippen LogP contribution in [0.3, 0.4) is 0 Å². The summed E-state index contributed by atoms with van der Waals surface area (Å²) in [6.07, 6.45) is 0.296. The maximum atomic E-state index is 13.1. The number of thioether (sulfide) groups is 1. The Bertz CT molecular complexity index is 1280. The molecule has 4 rings (SSSR count). The fourth-order valence-electron chi connectivity index (χ4n) is 3.18. The number of hydrogen-bond donors (Lipinski definition) is 2. The Labute approximate surface area is 205 Å². The molecule has 3 aromatic carbocycles. The van der Waals surface area contributed by atoms with Gasteiger partial charge < -0.3 is 10.6 Å². The van der Waals surface area contributed by atoms with Gasteiger partial charge in [0.25, 0.3) is 0 Å². The van der Waals surface area contributed by atoms with E-state index in [2.05, 4.69) is 15.6 Å². The molecule has 0 radical (unpaired) electrons. The van der Waals surface area contributed by atoms with E-state index in [1.807, 2.05) is 66.9 Å². The Morgan fingerprint density at radius 2 is 1.76 bits per heavy atom. The minimum Gasteiger partial charge on any atom is -0.326 e. The molecule has 0 saturated carbocycles. The van der Waals surface area contributed by atoms with Crippen molar-refractivity contribution in [3.8, 4) is 11.3 Å². The molecule has 1 atom stereocenters.